The molecule has 0 saturated heterocycles. The van der Waals surface area contributed by atoms with Crippen molar-refractivity contribution in [3.63, 3.8) is 0 Å². The van der Waals surface area contributed by atoms with Crippen LogP contribution in [0.1, 0.15) is 37.8 Å². The van der Waals surface area contributed by atoms with Gasteiger partial charge in [0.05, 0.1) is 0 Å². The highest BCUT2D eigenvalue weighted by molar-refractivity contribution is 5.19. The Morgan fingerprint density at radius 3 is 2.73 bits per heavy atom. The first-order valence-corrected chi connectivity index (χ1v) is 5.82. The summed E-state index contributed by atoms with van der Waals surface area (Å²) in [5, 5.41) is 3.57. The molecular formula is C14H19N. The van der Waals surface area contributed by atoms with Gasteiger partial charge in [0.2, 0.25) is 0 Å². The molecule has 1 aromatic carbocycles. The Labute approximate surface area is 92.2 Å². The number of benzene rings is 1. The van der Waals surface area contributed by atoms with E-state index >= 15 is 0 Å². The van der Waals surface area contributed by atoms with Crippen LogP contribution in [0.4, 0.5) is 0 Å². The first kappa shape index (κ1) is 10.4. The summed E-state index contributed by atoms with van der Waals surface area (Å²) in [5.74, 6) is 0. The highest BCUT2D eigenvalue weighted by Crippen LogP contribution is 2.18. The van der Waals surface area contributed by atoms with Crippen LogP contribution in [0, 0.1) is 0 Å². The van der Waals surface area contributed by atoms with Crippen LogP contribution < -0.4 is 5.32 Å². The standard InChI is InChI=1S/C14H19N/c1-12(14-9-3-2-4-10-14)15-11-13-7-5-6-8-13/h2-4,7,9-10,12,15H,5-6,8,11H2,1H3/t12-/m0/s1. The summed E-state index contributed by atoms with van der Waals surface area (Å²) >= 11 is 0. The first-order valence-electron chi connectivity index (χ1n) is 5.82. The Kier molecular flexibility index (Phi) is 3.57. The normalized spacial score (nSPS) is 17.5. The summed E-state index contributed by atoms with van der Waals surface area (Å²) < 4.78 is 0. The Morgan fingerprint density at radius 1 is 1.27 bits per heavy atom. The lowest BCUT2D eigenvalue weighted by molar-refractivity contribution is 0.601. The molecule has 80 valence electrons. The summed E-state index contributed by atoms with van der Waals surface area (Å²) in [6, 6.07) is 11.1. The number of hydrogen-bond acceptors (Lipinski definition) is 1. The van der Waals surface area contributed by atoms with Gasteiger partial charge in [-0.25, -0.2) is 0 Å². The van der Waals surface area contributed by atoms with Crippen LogP contribution in [0.2, 0.25) is 0 Å². The minimum Gasteiger partial charge on any atom is -0.306 e. The third-order valence-corrected chi connectivity index (χ3v) is 3.07. The van der Waals surface area contributed by atoms with Gasteiger partial charge in [-0.05, 0) is 31.7 Å². The summed E-state index contributed by atoms with van der Waals surface area (Å²) in [5.41, 5.74) is 2.95. The SMILES string of the molecule is C[C@H](NCC1=CCCC1)c1ccccc1. The van der Waals surface area contributed by atoms with Crippen molar-refractivity contribution in [3.8, 4) is 0 Å². The van der Waals surface area contributed by atoms with Crippen molar-refractivity contribution in [2.75, 3.05) is 6.54 Å². The number of allylic oxidation sites excluding steroid dienone is 1. The van der Waals surface area contributed by atoms with E-state index in [-0.39, 0.29) is 0 Å². The Balaban J connectivity index is 1.84. The van der Waals surface area contributed by atoms with Gasteiger partial charge in [-0.3, -0.25) is 0 Å². The molecule has 0 aliphatic heterocycles. The van der Waals surface area contributed by atoms with E-state index in [9.17, 15) is 0 Å². The maximum atomic E-state index is 3.57. The molecule has 0 spiro atoms. The molecule has 0 amide bonds. The number of rotatable bonds is 4. The van der Waals surface area contributed by atoms with Gasteiger partial charge in [-0.2, -0.15) is 0 Å². The zero-order valence-corrected chi connectivity index (χ0v) is 9.37. The van der Waals surface area contributed by atoms with E-state index in [4.69, 9.17) is 0 Å². The van der Waals surface area contributed by atoms with Crippen molar-refractivity contribution < 1.29 is 0 Å². The average Bonchev–Trinajstić information content (AvgIpc) is 2.80. The van der Waals surface area contributed by atoms with Crippen molar-refractivity contribution in [1.82, 2.24) is 5.32 Å². The van der Waals surface area contributed by atoms with Gasteiger partial charge in [0.1, 0.15) is 0 Å². The fourth-order valence-electron chi connectivity index (χ4n) is 2.04. The molecule has 0 fully saturated rings. The zero-order valence-electron chi connectivity index (χ0n) is 9.37. The van der Waals surface area contributed by atoms with Crippen LogP contribution in [0.25, 0.3) is 0 Å². The molecule has 0 aromatic heterocycles. The largest absolute Gasteiger partial charge is 0.306 e. The molecule has 1 atom stereocenters. The van der Waals surface area contributed by atoms with E-state index in [1.54, 1.807) is 5.57 Å². The second-order valence-electron chi connectivity index (χ2n) is 4.27. The molecule has 1 aliphatic rings. The maximum absolute atomic E-state index is 3.57. The van der Waals surface area contributed by atoms with E-state index in [1.807, 2.05) is 0 Å². The molecule has 1 heteroatoms. The third-order valence-electron chi connectivity index (χ3n) is 3.07. The van der Waals surface area contributed by atoms with E-state index in [0.29, 0.717) is 6.04 Å². The van der Waals surface area contributed by atoms with E-state index in [2.05, 4.69) is 48.6 Å². The van der Waals surface area contributed by atoms with Gasteiger partial charge in [0.25, 0.3) is 0 Å². The van der Waals surface area contributed by atoms with Gasteiger partial charge >= 0.3 is 0 Å². The average molecular weight is 201 g/mol. The Bertz CT molecular complexity index is 326. The molecular weight excluding hydrogens is 182 g/mol. The second-order valence-corrected chi connectivity index (χ2v) is 4.27. The minimum atomic E-state index is 0.452. The highest BCUT2D eigenvalue weighted by atomic mass is 14.9. The quantitative estimate of drug-likeness (QED) is 0.736. The molecule has 2 rings (SSSR count). The molecule has 0 saturated carbocycles. The molecule has 0 bridgehead atoms. The topological polar surface area (TPSA) is 12.0 Å². The predicted octanol–water partition coefficient (Wildman–Crippen LogP) is 3.45. The molecule has 1 aliphatic carbocycles. The highest BCUT2D eigenvalue weighted by Gasteiger charge is 2.07. The maximum Gasteiger partial charge on any atom is 0.0294 e. The summed E-state index contributed by atoms with van der Waals surface area (Å²) in [6.45, 7) is 3.28. The minimum absolute atomic E-state index is 0.452. The zero-order chi connectivity index (χ0) is 10.5. The second kappa shape index (κ2) is 5.13. The van der Waals surface area contributed by atoms with Gasteiger partial charge in [-0.1, -0.05) is 42.0 Å². The molecule has 15 heavy (non-hydrogen) atoms. The van der Waals surface area contributed by atoms with Crippen LogP contribution in [0.3, 0.4) is 0 Å². The fraction of sp³-hybridized carbons (Fsp3) is 0.429. The van der Waals surface area contributed by atoms with E-state index in [0.717, 1.165) is 6.54 Å². The monoisotopic (exact) mass is 201 g/mol. The van der Waals surface area contributed by atoms with Gasteiger partial charge < -0.3 is 5.32 Å². The number of hydrogen-bond donors (Lipinski definition) is 1. The Hall–Kier alpha value is -1.08. The first-order chi connectivity index (χ1) is 7.36. The van der Waals surface area contributed by atoms with Crippen molar-refractivity contribution in [3.05, 3.63) is 47.5 Å². The molecule has 0 unspecified atom stereocenters. The summed E-state index contributed by atoms with van der Waals surface area (Å²) in [7, 11) is 0. The van der Waals surface area contributed by atoms with Crippen LogP contribution >= 0.6 is 0 Å². The molecule has 0 heterocycles. The van der Waals surface area contributed by atoms with Crippen LogP contribution in [0.15, 0.2) is 42.0 Å². The van der Waals surface area contributed by atoms with E-state index < -0.39 is 0 Å². The van der Waals surface area contributed by atoms with Gasteiger partial charge in [0, 0.05) is 12.6 Å². The Morgan fingerprint density at radius 2 is 2.07 bits per heavy atom. The van der Waals surface area contributed by atoms with Crippen LogP contribution in [0.5, 0.6) is 0 Å². The van der Waals surface area contributed by atoms with Crippen molar-refractivity contribution >= 4 is 0 Å². The summed E-state index contributed by atoms with van der Waals surface area (Å²) in [4.78, 5) is 0. The molecule has 1 N–H and O–H groups in total. The molecule has 0 radical (unpaired) electrons. The summed E-state index contributed by atoms with van der Waals surface area (Å²) in [6.07, 6.45) is 6.28. The lowest BCUT2D eigenvalue weighted by Crippen LogP contribution is -2.20. The predicted molar refractivity (Wildman–Crippen MR) is 64.8 cm³/mol. The molecule has 1 nitrogen and oxygen atoms in total. The lowest BCUT2D eigenvalue weighted by Gasteiger charge is -2.14. The molecule has 1 aromatic rings. The van der Waals surface area contributed by atoms with Gasteiger partial charge in [0.15, 0.2) is 0 Å². The van der Waals surface area contributed by atoms with Crippen molar-refractivity contribution in [2.24, 2.45) is 0 Å². The fourth-order valence-corrected chi connectivity index (χ4v) is 2.04. The number of nitrogens with one attached hydrogen (secondary N) is 1. The lowest BCUT2D eigenvalue weighted by atomic mass is 10.1. The van der Waals surface area contributed by atoms with Crippen LogP contribution in [-0.4, -0.2) is 6.54 Å². The van der Waals surface area contributed by atoms with Crippen molar-refractivity contribution in [2.45, 2.75) is 32.2 Å². The third kappa shape index (κ3) is 2.93. The van der Waals surface area contributed by atoms with Gasteiger partial charge in [-0.15, -0.1) is 0 Å². The van der Waals surface area contributed by atoms with E-state index in [1.165, 1.54) is 24.8 Å². The van der Waals surface area contributed by atoms with Crippen LogP contribution in [-0.2, 0) is 0 Å². The van der Waals surface area contributed by atoms with Crippen molar-refractivity contribution in [1.29, 1.82) is 0 Å². The smallest absolute Gasteiger partial charge is 0.0294 e.